The molecule has 0 bridgehead atoms. The Balaban J connectivity index is 1.67. The predicted molar refractivity (Wildman–Crippen MR) is 116 cm³/mol. The highest BCUT2D eigenvalue weighted by atomic mass is 32.2. The topological polar surface area (TPSA) is 88.0 Å². The van der Waals surface area contributed by atoms with Crippen molar-refractivity contribution in [1.29, 1.82) is 5.26 Å². The summed E-state index contributed by atoms with van der Waals surface area (Å²) in [5, 5.41) is 9.92. The minimum Gasteiger partial charge on any atom is -0.496 e. The summed E-state index contributed by atoms with van der Waals surface area (Å²) in [4.78, 5) is 19.3. The Morgan fingerprint density at radius 1 is 1.20 bits per heavy atom. The van der Waals surface area contributed by atoms with E-state index in [0.717, 1.165) is 24.2 Å². The largest absolute Gasteiger partial charge is 0.496 e. The SMILES string of the molecule is COc1ccc(-c2nc(SC)[nH]c(=O)c2C#N)cc1COc1ccc2c(c1)CCC2. The van der Waals surface area contributed by atoms with Crippen LogP contribution in [0.5, 0.6) is 11.5 Å². The van der Waals surface area contributed by atoms with Crippen LogP contribution in [0.1, 0.15) is 28.7 Å². The second-order valence-electron chi connectivity index (χ2n) is 7.01. The molecule has 0 amide bonds. The molecule has 1 heterocycles. The van der Waals surface area contributed by atoms with Gasteiger partial charge in [0, 0.05) is 11.1 Å². The normalized spacial score (nSPS) is 12.3. The molecule has 4 rings (SSSR count). The van der Waals surface area contributed by atoms with E-state index in [0.29, 0.717) is 28.8 Å². The van der Waals surface area contributed by atoms with Gasteiger partial charge in [0.25, 0.3) is 5.56 Å². The molecule has 1 aliphatic carbocycles. The molecule has 1 aromatic heterocycles. The molecule has 6 nitrogen and oxygen atoms in total. The van der Waals surface area contributed by atoms with Crippen molar-refractivity contribution in [2.45, 2.75) is 31.0 Å². The summed E-state index contributed by atoms with van der Waals surface area (Å²) >= 11 is 1.31. The number of aromatic amines is 1. The van der Waals surface area contributed by atoms with Crippen LogP contribution in [-0.4, -0.2) is 23.3 Å². The fraction of sp³-hybridized carbons (Fsp3) is 0.261. The van der Waals surface area contributed by atoms with Gasteiger partial charge >= 0.3 is 0 Å². The third-order valence-electron chi connectivity index (χ3n) is 5.22. The number of ether oxygens (including phenoxy) is 2. The van der Waals surface area contributed by atoms with E-state index >= 15 is 0 Å². The van der Waals surface area contributed by atoms with E-state index in [1.165, 1.54) is 29.3 Å². The number of thioether (sulfide) groups is 1. The highest BCUT2D eigenvalue weighted by molar-refractivity contribution is 7.98. The number of methoxy groups -OCH3 is 1. The summed E-state index contributed by atoms with van der Waals surface area (Å²) in [6.45, 7) is 0.302. The van der Waals surface area contributed by atoms with Crippen molar-refractivity contribution >= 4 is 11.8 Å². The highest BCUT2D eigenvalue weighted by Gasteiger charge is 2.16. The van der Waals surface area contributed by atoms with Crippen LogP contribution in [-0.2, 0) is 19.4 Å². The third kappa shape index (κ3) is 3.91. The molecule has 0 spiro atoms. The monoisotopic (exact) mass is 419 g/mol. The summed E-state index contributed by atoms with van der Waals surface area (Å²) in [6.07, 6.45) is 5.23. The Hall–Kier alpha value is -3.24. The number of nitrogens with zero attached hydrogens (tertiary/aromatic N) is 2. The third-order valence-corrected chi connectivity index (χ3v) is 5.80. The van der Waals surface area contributed by atoms with Crippen LogP contribution in [0.4, 0.5) is 0 Å². The molecule has 0 unspecified atom stereocenters. The van der Waals surface area contributed by atoms with Crippen LogP contribution in [0, 0.1) is 11.3 Å². The first-order valence-electron chi connectivity index (χ1n) is 9.63. The number of aromatic nitrogens is 2. The van der Waals surface area contributed by atoms with Crippen molar-refractivity contribution in [2.75, 3.05) is 13.4 Å². The minimum atomic E-state index is -0.446. The smallest absolute Gasteiger partial charge is 0.270 e. The van der Waals surface area contributed by atoms with Gasteiger partial charge in [-0.1, -0.05) is 17.8 Å². The van der Waals surface area contributed by atoms with Gasteiger partial charge in [-0.2, -0.15) is 5.26 Å². The fourth-order valence-electron chi connectivity index (χ4n) is 3.70. The number of hydrogen-bond donors (Lipinski definition) is 1. The first-order chi connectivity index (χ1) is 14.6. The fourth-order valence-corrected chi connectivity index (χ4v) is 4.08. The van der Waals surface area contributed by atoms with Gasteiger partial charge in [0.05, 0.1) is 12.8 Å². The maximum absolute atomic E-state index is 12.3. The van der Waals surface area contributed by atoms with E-state index in [1.807, 2.05) is 24.5 Å². The molecular formula is C23H21N3O3S. The van der Waals surface area contributed by atoms with Crippen molar-refractivity contribution in [1.82, 2.24) is 9.97 Å². The first kappa shape index (κ1) is 20.0. The van der Waals surface area contributed by atoms with E-state index in [4.69, 9.17) is 9.47 Å². The van der Waals surface area contributed by atoms with Gasteiger partial charge in [0.1, 0.15) is 29.7 Å². The standard InChI is InChI=1S/C23H21N3O3S/c1-28-20-9-7-16(21-19(12-24)22(27)26-23(25-21)30-2)10-17(20)13-29-18-8-6-14-4-3-5-15(14)11-18/h6-11H,3-5,13H2,1-2H3,(H,25,26,27). The summed E-state index contributed by atoms with van der Waals surface area (Å²) in [5.41, 5.74) is 4.13. The van der Waals surface area contributed by atoms with Gasteiger partial charge in [0.15, 0.2) is 5.16 Å². The van der Waals surface area contributed by atoms with Crippen LogP contribution in [0.25, 0.3) is 11.3 Å². The van der Waals surface area contributed by atoms with Crippen LogP contribution in [0.3, 0.4) is 0 Å². The van der Waals surface area contributed by atoms with Crippen LogP contribution >= 0.6 is 11.8 Å². The molecule has 1 N–H and O–H groups in total. The van der Waals surface area contributed by atoms with Gasteiger partial charge in [-0.3, -0.25) is 4.79 Å². The molecule has 2 aromatic carbocycles. The first-order valence-corrected chi connectivity index (χ1v) is 10.9. The number of nitrogens with one attached hydrogen (secondary N) is 1. The lowest BCUT2D eigenvalue weighted by atomic mass is 10.0. The van der Waals surface area contributed by atoms with Crippen molar-refractivity contribution in [2.24, 2.45) is 0 Å². The van der Waals surface area contributed by atoms with Crippen LogP contribution in [0.2, 0.25) is 0 Å². The van der Waals surface area contributed by atoms with E-state index in [2.05, 4.69) is 22.1 Å². The molecule has 30 heavy (non-hydrogen) atoms. The Labute approximate surface area is 178 Å². The second-order valence-corrected chi connectivity index (χ2v) is 7.80. The average molecular weight is 420 g/mol. The van der Waals surface area contributed by atoms with Gasteiger partial charge in [-0.15, -0.1) is 0 Å². The van der Waals surface area contributed by atoms with E-state index in [1.54, 1.807) is 19.2 Å². The number of rotatable bonds is 6. The summed E-state index contributed by atoms with van der Waals surface area (Å²) in [5.74, 6) is 1.49. The number of hydrogen-bond acceptors (Lipinski definition) is 6. The van der Waals surface area contributed by atoms with Crippen molar-refractivity contribution in [3.05, 3.63) is 69.0 Å². The zero-order valence-corrected chi connectivity index (χ0v) is 17.6. The molecule has 1 aliphatic rings. The lowest BCUT2D eigenvalue weighted by Crippen LogP contribution is -2.14. The number of aryl methyl sites for hydroxylation is 2. The molecule has 7 heteroatoms. The van der Waals surface area contributed by atoms with Gasteiger partial charge < -0.3 is 14.5 Å². The highest BCUT2D eigenvalue weighted by Crippen LogP contribution is 2.30. The Morgan fingerprint density at radius 2 is 2.03 bits per heavy atom. The molecule has 0 atom stereocenters. The zero-order valence-electron chi connectivity index (χ0n) is 16.8. The molecular weight excluding hydrogens is 398 g/mol. The molecule has 3 aromatic rings. The summed E-state index contributed by atoms with van der Waals surface area (Å²) in [6, 6.07) is 13.7. The van der Waals surface area contributed by atoms with Gasteiger partial charge in [-0.25, -0.2) is 4.98 Å². The maximum Gasteiger partial charge on any atom is 0.270 e. The lowest BCUT2D eigenvalue weighted by molar-refractivity contribution is 0.296. The summed E-state index contributed by atoms with van der Waals surface area (Å²) in [7, 11) is 1.60. The van der Waals surface area contributed by atoms with E-state index in [-0.39, 0.29) is 5.56 Å². The van der Waals surface area contributed by atoms with Crippen molar-refractivity contribution < 1.29 is 9.47 Å². The zero-order chi connectivity index (χ0) is 21.1. The average Bonchev–Trinajstić information content (AvgIpc) is 3.24. The predicted octanol–water partition coefficient (Wildman–Crippen LogP) is 4.11. The lowest BCUT2D eigenvalue weighted by Gasteiger charge is -2.13. The Bertz CT molecular complexity index is 1200. The molecule has 0 aliphatic heterocycles. The quantitative estimate of drug-likeness (QED) is 0.478. The molecule has 0 saturated carbocycles. The van der Waals surface area contributed by atoms with Gasteiger partial charge in [0.2, 0.25) is 0 Å². The maximum atomic E-state index is 12.3. The number of fused-ring (bicyclic) bond motifs is 1. The van der Waals surface area contributed by atoms with Crippen LogP contribution in [0.15, 0.2) is 46.3 Å². The molecule has 0 radical (unpaired) electrons. The van der Waals surface area contributed by atoms with Crippen molar-refractivity contribution in [3.63, 3.8) is 0 Å². The Kier molecular flexibility index (Phi) is 5.77. The van der Waals surface area contributed by atoms with Gasteiger partial charge in [-0.05, 0) is 67.0 Å². The molecule has 0 saturated heterocycles. The number of benzene rings is 2. The van der Waals surface area contributed by atoms with Crippen molar-refractivity contribution in [3.8, 4) is 28.8 Å². The minimum absolute atomic E-state index is 0.0107. The number of H-pyrrole nitrogens is 1. The van der Waals surface area contributed by atoms with E-state index in [9.17, 15) is 10.1 Å². The number of nitriles is 1. The Morgan fingerprint density at radius 3 is 2.80 bits per heavy atom. The molecule has 152 valence electrons. The van der Waals surface area contributed by atoms with Crippen LogP contribution < -0.4 is 15.0 Å². The second kappa shape index (κ2) is 8.64. The van der Waals surface area contributed by atoms with E-state index < -0.39 is 5.56 Å². The summed E-state index contributed by atoms with van der Waals surface area (Å²) < 4.78 is 11.5. The molecule has 0 fully saturated rings.